The van der Waals surface area contributed by atoms with Crippen molar-refractivity contribution in [2.24, 2.45) is 0 Å². The Balaban J connectivity index is 1.76. The molecule has 4 nitrogen and oxygen atoms in total. The van der Waals surface area contributed by atoms with Crippen LogP contribution in [0.1, 0.15) is 36.6 Å². The Hall–Kier alpha value is -1.68. The Morgan fingerprint density at radius 1 is 1.22 bits per heavy atom. The first-order chi connectivity index (χ1) is 8.93. The van der Waals surface area contributed by atoms with Gasteiger partial charge in [-0.3, -0.25) is 4.90 Å². The Morgan fingerprint density at radius 2 is 2.11 bits per heavy atom. The molecule has 2 aromatic rings. The van der Waals surface area contributed by atoms with E-state index >= 15 is 0 Å². The van der Waals surface area contributed by atoms with E-state index in [1.165, 1.54) is 18.4 Å². The molecule has 0 bridgehead atoms. The van der Waals surface area contributed by atoms with Crippen molar-refractivity contribution in [3.63, 3.8) is 0 Å². The van der Waals surface area contributed by atoms with Crippen molar-refractivity contribution in [1.82, 2.24) is 15.3 Å². The zero-order chi connectivity index (χ0) is 12.2. The molecule has 0 N–H and O–H groups in total. The topological polar surface area (TPSA) is 42.2 Å². The molecule has 2 heterocycles. The van der Waals surface area contributed by atoms with Gasteiger partial charge >= 0.3 is 0 Å². The molecule has 1 unspecified atom stereocenters. The van der Waals surface area contributed by atoms with Gasteiger partial charge in [0.05, 0.1) is 6.04 Å². The predicted molar refractivity (Wildman–Crippen MR) is 67.7 cm³/mol. The van der Waals surface area contributed by atoms with E-state index in [0.717, 1.165) is 25.2 Å². The van der Waals surface area contributed by atoms with Gasteiger partial charge in [-0.25, -0.2) is 0 Å². The molecule has 1 aliphatic heterocycles. The Labute approximate surface area is 107 Å². The zero-order valence-electron chi connectivity index (χ0n) is 10.3. The summed E-state index contributed by atoms with van der Waals surface area (Å²) in [6.45, 7) is 2.09. The third-order valence-corrected chi connectivity index (χ3v) is 3.56. The fourth-order valence-corrected chi connectivity index (χ4v) is 2.65. The minimum absolute atomic E-state index is 0.352. The number of hydrogen-bond acceptors (Lipinski definition) is 4. The van der Waals surface area contributed by atoms with Crippen molar-refractivity contribution in [1.29, 1.82) is 0 Å². The van der Waals surface area contributed by atoms with E-state index in [1.807, 2.05) is 0 Å². The van der Waals surface area contributed by atoms with Crippen molar-refractivity contribution in [2.45, 2.75) is 31.8 Å². The lowest BCUT2D eigenvalue weighted by atomic mass is 9.99. The van der Waals surface area contributed by atoms with Crippen LogP contribution in [0, 0.1) is 0 Å². The summed E-state index contributed by atoms with van der Waals surface area (Å²) in [5, 5.41) is 7.66. The molecule has 1 aromatic carbocycles. The van der Waals surface area contributed by atoms with Crippen LogP contribution >= 0.6 is 0 Å². The largest absolute Gasteiger partial charge is 0.345 e. The van der Waals surface area contributed by atoms with Gasteiger partial charge in [-0.2, -0.15) is 0 Å². The van der Waals surface area contributed by atoms with E-state index in [0.29, 0.717) is 6.04 Å². The molecule has 3 rings (SSSR count). The lowest BCUT2D eigenvalue weighted by Gasteiger charge is -2.34. The van der Waals surface area contributed by atoms with Crippen LogP contribution in [0.2, 0.25) is 0 Å². The molecule has 1 aromatic heterocycles. The molecule has 1 atom stereocenters. The van der Waals surface area contributed by atoms with Gasteiger partial charge in [-0.1, -0.05) is 36.8 Å². The van der Waals surface area contributed by atoms with Crippen molar-refractivity contribution in [2.75, 3.05) is 6.54 Å². The van der Waals surface area contributed by atoms with Crippen LogP contribution in [0.25, 0.3) is 0 Å². The van der Waals surface area contributed by atoms with E-state index < -0.39 is 0 Å². The summed E-state index contributed by atoms with van der Waals surface area (Å²) in [5.74, 6) is 0. The number of benzene rings is 1. The van der Waals surface area contributed by atoms with Gasteiger partial charge in [0.15, 0.2) is 0 Å². The molecule has 1 aliphatic rings. The minimum Gasteiger partial charge on any atom is -0.345 e. The Bertz CT molecular complexity index is 469. The van der Waals surface area contributed by atoms with Crippen LogP contribution < -0.4 is 0 Å². The molecular formula is C14H17N3O. The third-order valence-electron chi connectivity index (χ3n) is 3.56. The van der Waals surface area contributed by atoms with Crippen LogP contribution in [-0.2, 0) is 6.54 Å². The van der Waals surface area contributed by atoms with Crippen molar-refractivity contribution >= 4 is 0 Å². The fraction of sp³-hybridized carbons (Fsp3) is 0.429. The monoisotopic (exact) mass is 243 g/mol. The molecule has 0 aliphatic carbocycles. The predicted octanol–water partition coefficient (Wildman–Crippen LogP) is 2.80. The maximum Gasteiger partial charge on any atom is 0.149 e. The molecule has 18 heavy (non-hydrogen) atoms. The molecule has 1 saturated heterocycles. The first-order valence-corrected chi connectivity index (χ1v) is 6.48. The summed E-state index contributed by atoms with van der Waals surface area (Å²) in [7, 11) is 0. The number of hydrogen-bond donors (Lipinski definition) is 0. The van der Waals surface area contributed by atoms with Crippen LogP contribution in [0.15, 0.2) is 41.1 Å². The normalized spacial score (nSPS) is 21.0. The van der Waals surface area contributed by atoms with Crippen LogP contribution in [0.3, 0.4) is 0 Å². The molecule has 0 spiro atoms. The zero-order valence-corrected chi connectivity index (χ0v) is 10.3. The highest BCUT2D eigenvalue weighted by atomic mass is 16.5. The van der Waals surface area contributed by atoms with Gasteiger partial charge in [0.25, 0.3) is 0 Å². The van der Waals surface area contributed by atoms with Crippen LogP contribution in [0.5, 0.6) is 0 Å². The van der Waals surface area contributed by atoms with Crippen LogP contribution in [-0.4, -0.2) is 21.8 Å². The highest BCUT2D eigenvalue weighted by Crippen LogP contribution is 2.30. The number of piperidine rings is 1. The first-order valence-electron chi connectivity index (χ1n) is 6.48. The highest BCUT2D eigenvalue weighted by molar-refractivity contribution is 5.15. The molecule has 0 saturated carbocycles. The van der Waals surface area contributed by atoms with Crippen LogP contribution in [0.4, 0.5) is 0 Å². The Kier molecular flexibility index (Phi) is 3.37. The number of aromatic nitrogens is 2. The molecule has 4 heteroatoms. The summed E-state index contributed by atoms with van der Waals surface area (Å²) < 4.78 is 4.88. The molecule has 1 fully saturated rings. The van der Waals surface area contributed by atoms with E-state index in [9.17, 15) is 0 Å². The lowest BCUT2D eigenvalue weighted by molar-refractivity contribution is 0.137. The second-order valence-electron chi connectivity index (χ2n) is 4.80. The number of nitrogens with zero attached hydrogens (tertiary/aromatic N) is 3. The maximum absolute atomic E-state index is 4.88. The molecule has 0 radical (unpaired) electrons. The van der Waals surface area contributed by atoms with E-state index in [-0.39, 0.29) is 0 Å². The lowest BCUT2D eigenvalue weighted by Crippen LogP contribution is -2.33. The Morgan fingerprint density at radius 3 is 2.89 bits per heavy atom. The standard InChI is InChI=1S/C14H17N3O/c1-2-6-12(7-3-1)10-17-9-5-4-8-14(17)13-11-18-16-15-13/h1-3,6-7,11,14H,4-5,8-10H2. The molecular weight excluding hydrogens is 226 g/mol. The van der Waals surface area contributed by atoms with Gasteiger partial charge in [-0.05, 0) is 24.9 Å². The summed E-state index contributed by atoms with van der Waals surface area (Å²) in [6.07, 6.45) is 5.33. The summed E-state index contributed by atoms with van der Waals surface area (Å²) in [4.78, 5) is 2.47. The highest BCUT2D eigenvalue weighted by Gasteiger charge is 2.26. The van der Waals surface area contributed by atoms with Gasteiger partial charge in [0.1, 0.15) is 12.0 Å². The van der Waals surface area contributed by atoms with Gasteiger partial charge in [0, 0.05) is 11.8 Å². The quantitative estimate of drug-likeness (QED) is 0.831. The van der Waals surface area contributed by atoms with Crippen molar-refractivity contribution < 1.29 is 4.52 Å². The summed E-state index contributed by atoms with van der Waals surface area (Å²) in [6, 6.07) is 10.9. The molecule has 94 valence electrons. The second kappa shape index (κ2) is 5.31. The van der Waals surface area contributed by atoms with Gasteiger partial charge in [-0.15, -0.1) is 5.10 Å². The molecule has 0 amide bonds. The smallest absolute Gasteiger partial charge is 0.149 e. The first kappa shape index (κ1) is 11.4. The third kappa shape index (κ3) is 2.43. The van der Waals surface area contributed by atoms with Crippen molar-refractivity contribution in [3.05, 3.63) is 47.9 Å². The van der Waals surface area contributed by atoms with Crippen molar-refractivity contribution in [3.8, 4) is 0 Å². The second-order valence-corrected chi connectivity index (χ2v) is 4.80. The SMILES string of the molecule is c1ccc(CN2CCCCC2c2conn2)cc1. The average Bonchev–Trinajstić information content (AvgIpc) is 2.94. The van der Waals surface area contributed by atoms with E-state index in [2.05, 4.69) is 45.6 Å². The summed E-state index contributed by atoms with van der Waals surface area (Å²) >= 11 is 0. The average molecular weight is 243 g/mol. The van der Waals surface area contributed by atoms with E-state index in [1.54, 1.807) is 6.26 Å². The fourth-order valence-electron chi connectivity index (χ4n) is 2.65. The maximum atomic E-state index is 4.88. The van der Waals surface area contributed by atoms with Gasteiger partial charge in [0.2, 0.25) is 0 Å². The number of rotatable bonds is 3. The van der Waals surface area contributed by atoms with E-state index in [4.69, 9.17) is 4.52 Å². The number of likely N-dealkylation sites (tertiary alicyclic amines) is 1. The minimum atomic E-state index is 0.352. The summed E-state index contributed by atoms with van der Waals surface area (Å²) in [5.41, 5.74) is 2.31. The van der Waals surface area contributed by atoms with Gasteiger partial charge < -0.3 is 4.52 Å².